The lowest BCUT2D eigenvalue weighted by Crippen LogP contribution is -2.48. The van der Waals surface area contributed by atoms with Crippen molar-refractivity contribution in [1.82, 2.24) is 24.7 Å². The van der Waals surface area contributed by atoms with Gasteiger partial charge in [-0.1, -0.05) is 17.9 Å². The van der Waals surface area contributed by atoms with E-state index in [1.165, 1.54) is 12.0 Å². The number of rotatable bonds is 16. The zero-order chi connectivity index (χ0) is 44.0. The van der Waals surface area contributed by atoms with Gasteiger partial charge in [0.15, 0.2) is 9.84 Å². The molecular weight excluding hydrogens is 831 g/mol. The number of aromatic nitrogens is 2. The SMILES string of the molecule is COC(=O)CC[C@@H](C(N)=O)N1Cc2c(C#CCOCCN3CCN(CCOc4cc5nccc(Nc6ccc7scnc7c6)c5cc4S(=O)(=O)C(C)(C)C)CC3)cccc2C1=O. The van der Waals surface area contributed by atoms with Crippen LogP contribution in [-0.4, -0.2) is 128 Å². The van der Waals surface area contributed by atoms with E-state index in [-0.39, 0.29) is 42.5 Å². The number of hydrogen-bond donors (Lipinski definition) is 2. The van der Waals surface area contributed by atoms with Crippen molar-refractivity contribution in [2.24, 2.45) is 5.73 Å². The highest BCUT2D eigenvalue weighted by molar-refractivity contribution is 7.92. The number of esters is 1. The maximum Gasteiger partial charge on any atom is 0.305 e. The average Bonchev–Trinajstić information content (AvgIpc) is 3.86. The summed E-state index contributed by atoms with van der Waals surface area (Å²) in [6.07, 6.45) is 1.74. The summed E-state index contributed by atoms with van der Waals surface area (Å²) in [5.74, 6) is 4.96. The molecule has 0 unspecified atom stereocenters. The molecule has 2 amide bonds. The summed E-state index contributed by atoms with van der Waals surface area (Å²) in [4.78, 5) is 52.2. The van der Waals surface area contributed by atoms with Crippen LogP contribution in [0.1, 0.15) is 55.1 Å². The molecule has 0 radical (unpaired) electrons. The highest BCUT2D eigenvalue weighted by Gasteiger charge is 2.37. The molecule has 2 aliphatic heterocycles. The third-order valence-corrected chi connectivity index (χ3v) is 14.5. The summed E-state index contributed by atoms with van der Waals surface area (Å²) < 4.78 is 44.7. The molecule has 3 aromatic carbocycles. The third-order valence-electron chi connectivity index (χ3n) is 11.1. The van der Waals surface area contributed by atoms with E-state index in [2.05, 4.69) is 41.7 Å². The summed E-state index contributed by atoms with van der Waals surface area (Å²) in [6, 6.07) is 15.5. The monoisotopic (exact) mass is 881 g/mol. The molecule has 5 aromatic rings. The fourth-order valence-corrected chi connectivity index (χ4v) is 9.48. The number of nitrogens with one attached hydrogen (secondary N) is 1. The second kappa shape index (κ2) is 19.2. The van der Waals surface area contributed by atoms with Gasteiger partial charge >= 0.3 is 5.97 Å². The number of thiazole rings is 1. The molecule has 0 aliphatic carbocycles. The number of methoxy groups -OCH3 is 1. The van der Waals surface area contributed by atoms with Gasteiger partial charge in [0, 0.05) is 92.4 Å². The van der Waals surface area contributed by atoms with Crippen molar-refractivity contribution in [3.8, 4) is 17.6 Å². The first-order valence-corrected chi connectivity index (χ1v) is 22.8. The Morgan fingerprint density at radius 3 is 2.47 bits per heavy atom. The molecule has 1 saturated heterocycles. The molecule has 17 heteroatoms. The molecule has 1 atom stereocenters. The topological polar surface area (TPSA) is 187 Å². The molecule has 4 heterocycles. The fourth-order valence-electron chi connectivity index (χ4n) is 7.51. The van der Waals surface area contributed by atoms with Gasteiger partial charge < -0.3 is 30.2 Å². The van der Waals surface area contributed by atoms with Crippen molar-refractivity contribution < 1.29 is 37.0 Å². The molecule has 2 aromatic heterocycles. The molecule has 326 valence electrons. The van der Waals surface area contributed by atoms with Gasteiger partial charge in [-0.15, -0.1) is 11.3 Å². The van der Waals surface area contributed by atoms with Crippen LogP contribution < -0.4 is 15.8 Å². The number of fused-ring (bicyclic) bond motifs is 3. The Labute approximate surface area is 365 Å². The minimum atomic E-state index is -3.79. The molecule has 0 bridgehead atoms. The molecular formula is C45H51N7O8S2. The quantitative estimate of drug-likeness (QED) is 0.0768. The first-order chi connectivity index (χ1) is 29.7. The average molecular weight is 882 g/mol. The Balaban J connectivity index is 0.891. The van der Waals surface area contributed by atoms with Crippen LogP contribution >= 0.6 is 11.3 Å². The summed E-state index contributed by atoms with van der Waals surface area (Å²) in [7, 11) is -2.52. The van der Waals surface area contributed by atoms with E-state index in [0.717, 1.165) is 54.3 Å². The van der Waals surface area contributed by atoms with Crippen molar-refractivity contribution in [3.05, 3.63) is 83.0 Å². The smallest absolute Gasteiger partial charge is 0.305 e. The predicted octanol–water partition coefficient (Wildman–Crippen LogP) is 4.99. The zero-order valence-electron chi connectivity index (χ0n) is 35.3. The van der Waals surface area contributed by atoms with Crippen molar-refractivity contribution in [2.45, 2.75) is 55.8 Å². The number of sulfone groups is 1. The van der Waals surface area contributed by atoms with Crippen molar-refractivity contribution in [2.75, 3.05) is 71.5 Å². The number of pyridine rings is 1. The molecule has 2 aliphatic rings. The summed E-state index contributed by atoms with van der Waals surface area (Å²) in [6.45, 7) is 11.0. The number of ether oxygens (including phenoxy) is 3. The van der Waals surface area contributed by atoms with Gasteiger partial charge in [-0.2, -0.15) is 0 Å². The number of amides is 2. The second-order valence-corrected chi connectivity index (χ2v) is 19.7. The van der Waals surface area contributed by atoms with E-state index in [1.54, 1.807) is 62.6 Å². The molecule has 15 nitrogen and oxygen atoms in total. The van der Waals surface area contributed by atoms with Crippen LogP contribution in [0.15, 0.2) is 71.2 Å². The van der Waals surface area contributed by atoms with Crippen molar-refractivity contribution >= 4 is 71.5 Å². The Kier molecular flexibility index (Phi) is 13.7. The van der Waals surface area contributed by atoms with E-state index in [9.17, 15) is 22.8 Å². The second-order valence-electron chi connectivity index (χ2n) is 16.1. The zero-order valence-corrected chi connectivity index (χ0v) is 36.9. The number of anilines is 2. The molecule has 62 heavy (non-hydrogen) atoms. The number of hydrogen-bond acceptors (Lipinski definition) is 14. The number of piperazine rings is 1. The summed E-state index contributed by atoms with van der Waals surface area (Å²) in [5.41, 5.74) is 12.3. The number of carbonyl (C=O) groups is 3. The van der Waals surface area contributed by atoms with Crippen LogP contribution in [0.4, 0.5) is 11.4 Å². The van der Waals surface area contributed by atoms with Crippen molar-refractivity contribution in [1.29, 1.82) is 0 Å². The first kappa shape index (κ1) is 44.4. The van der Waals surface area contributed by atoms with E-state index < -0.39 is 32.5 Å². The lowest BCUT2D eigenvalue weighted by atomic mass is 10.0. The maximum atomic E-state index is 14.0. The molecule has 1 fully saturated rings. The predicted molar refractivity (Wildman–Crippen MR) is 238 cm³/mol. The van der Waals surface area contributed by atoms with Crippen LogP contribution in [0, 0.1) is 11.8 Å². The van der Waals surface area contributed by atoms with Gasteiger partial charge in [-0.3, -0.25) is 29.2 Å². The lowest BCUT2D eigenvalue weighted by Gasteiger charge is -2.34. The standard InChI is InChI=1S/C45H51N7O8S2/c1-45(2,3)62(56,57)41-26-33-35(49-31-10-12-40-37(25-31)48-29-61-40)14-15-47-36(33)27-39(41)60-24-21-51-18-16-50(17-19-51)20-23-59-22-6-8-30-7-5-9-32-34(30)28-52(44(32)55)38(43(46)54)11-13-42(53)58-4/h5,7,9-10,12,14-15,25-27,29,38H,11,13,16-24,28H2,1-4H3,(H2,46,54)(H,47,49)/t38-/m0/s1. The Bertz CT molecular complexity index is 2640. The van der Waals surface area contributed by atoms with Crippen LogP contribution in [-0.2, 0) is 35.4 Å². The van der Waals surface area contributed by atoms with Crippen LogP contribution in [0.3, 0.4) is 0 Å². The van der Waals surface area contributed by atoms with E-state index in [4.69, 9.17) is 15.2 Å². The number of nitrogens with two attached hydrogens (primary N) is 1. The van der Waals surface area contributed by atoms with E-state index in [1.807, 2.05) is 35.8 Å². The van der Waals surface area contributed by atoms with Crippen molar-refractivity contribution in [3.63, 3.8) is 0 Å². The van der Waals surface area contributed by atoms with Crippen LogP contribution in [0.25, 0.3) is 21.1 Å². The summed E-state index contributed by atoms with van der Waals surface area (Å²) in [5, 5.41) is 4.11. The van der Waals surface area contributed by atoms with Gasteiger partial charge in [0.05, 0.1) is 39.7 Å². The third kappa shape index (κ3) is 10.0. The van der Waals surface area contributed by atoms with Crippen LogP contribution in [0.5, 0.6) is 5.75 Å². The summed E-state index contributed by atoms with van der Waals surface area (Å²) >= 11 is 1.57. The molecule has 0 saturated carbocycles. The van der Waals surface area contributed by atoms with Gasteiger partial charge in [0.25, 0.3) is 5.91 Å². The van der Waals surface area contributed by atoms with Gasteiger partial charge in [-0.05, 0) is 75.2 Å². The molecule has 0 spiro atoms. The fraction of sp³-hybridized carbons (Fsp3) is 0.400. The van der Waals surface area contributed by atoms with E-state index >= 15 is 0 Å². The Hall–Kier alpha value is -5.64. The normalized spacial score (nSPS) is 15.3. The number of benzene rings is 3. The highest BCUT2D eigenvalue weighted by atomic mass is 32.2. The Morgan fingerprint density at radius 2 is 1.74 bits per heavy atom. The maximum absolute atomic E-state index is 14.0. The minimum Gasteiger partial charge on any atom is -0.491 e. The lowest BCUT2D eigenvalue weighted by molar-refractivity contribution is -0.141. The highest BCUT2D eigenvalue weighted by Crippen LogP contribution is 2.38. The number of nitrogens with zero attached hydrogens (tertiary/aromatic N) is 5. The van der Waals surface area contributed by atoms with Gasteiger partial charge in [-0.25, -0.2) is 13.4 Å². The number of primary amides is 1. The first-order valence-electron chi connectivity index (χ1n) is 20.4. The minimum absolute atomic E-state index is 0.0353. The largest absolute Gasteiger partial charge is 0.491 e. The molecule has 3 N–H and O–H groups in total. The van der Waals surface area contributed by atoms with Gasteiger partial charge in [0.2, 0.25) is 5.91 Å². The Morgan fingerprint density at radius 1 is 0.984 bits per heavy atom. The van der Waals surface area contributed by atoms with E-state index in [0.29, 0.717) is 47.4 Å². The number of carbonyl (C=O) groups excluding carboxylic acids is 3. The molecule has 7 rings (SSSR count). The van der Waals surface area contributed by atoms with Crippen LogP contribution in [0.2, 0.25) is 0 Å². The van der Waals surface area contributed by atoms with Gasteiger partial charge in [0.1, 0.15) is 29.9 Å².